The maximum Gasteiger partial charge on any atom is 0.277 e. The molecule has 0 saturated carbocycles. The summed E-state index contributed by atoms with van der Waals surface area (Å²) in [6, 6.07) is 5.56. The Labute approximate surface area is 158 Å². The monoisotopic (exact) mass is 394 g/mol. The van der Waals surface area contributed by atoms with E-state index >= 15 is 4.39 Å². The Morgan fingerprint density at radius 1 is 1.41 bits per heavy atom. The van der Waals surface area contributed by atoms with Gasteiger partial charge < -0.3 is 20.1 Å². The van der Waals surface area contributed by atoms with Crippen molar-refractivity contribution in [3.05, 3.63) is 47.0 Å². The maximum atomic E-state index is 15.1. The molecular weight excluding hydrogens is 379 g/mol. The van der Waals surface area contributed by atoms with Crippen LogP contribution in [0.1, 0.15) is 10.4 Å². The van der Waals surface area contributed by atoms with Crippen LogP contribution < -0.4 is 10.8 Å². The molecule has 142 valence electrons. The van der Waals surface area contributed by atoms with Gasteiger partial charge in [0.15, 0.2) is 5.82 Å². The molecule has 0 atom stereocenters. The molecule has 0 fully saturated rings. The van der Waals surface area contributed by atoms with Crippen LogP contribution in [0.2, 0.25) is 5.02 Å². The Morgan fingerprint density at radius 2 is 2.19 bits per heavy atom. The molecule has 0 spiro atoms. The summed E-state index contributed by atoms with van der Waals surface area (Å²) in [6.07, 6.45) is 1.43. The Hall–Kier alpha value is -2.88. The number of imidazole rings is 1. The van der Waals surface area contributed by atoms with Gasteiger partial charge in [0.25, 0.3) is 5.91 Å². The molecule has 10 heteroatoms. The zero-order valence-corrected chi connectivity index (χ0v) is 14.9. The number of amides is 1. The third-order valence-corrected chi connectivity index (χ3v) is 4.09. The third kappa shape index (κ3) is 3.80. The zero-order valence-electron chi connectivity index (χ0n) is 14.2. The summed E-state index contributed by atoms with van der Waals surface area (Å²) >= 11 is 6.07. The minimum atomic E-state index is -0.746. The van der Waals surface area contributed by atoms with Gasteiger partial charge >= 0.3 is 0 Å². The van der Waals surface area contributed by atoms with Crippen LogP contribution in [0.4, 0.5) is 15.8 Å². The molecule has 0 unspecified atom stereocenters. The van der Waals surface area contributed by atoms with Crippen molar-refractivity contribution in [3.63, 3.8) is 0 Å². The molecule has 3 rings (SSSR count). The number of carbonyl (C=O) groups excluding carboxylic acids is 1. The van der Waals surface area contributed by atoms with Crippen LogP contribution in [0.5, 0.6) is 5.75 Å². The average molecular weight is 395 g/mol. The van der Waals surface area contributed by atoms with Crippen molar-refractivity contribution >= 4 is 39.9 Å². The van der Waals surface area contributed by atoms with Crippen molar-refractivity contribution in [2.24, 2.45) is 7.05 Å². The number of rotatable bonds is 6. The molecule has 0 saturated heterocycles. The summed E-state index contributed by atoms with van der Waals surface area (Å²) in [4.78, 5) is 21.3. The number of anilines is 2. The van der Waals surface area contributed by atoms with E-state index in [9.17, 15) is 9.90 Å². The number of aromatic hydroxyl groups is 1. The van der Waals surface area contributed by atoms with Crippen molar-refractivity contribution in [3.8, 4) is 5.75 Å². The number of fused-ring (bicyclic) bond motifs is 1. The van der Waals surface area contributed by atoms with Gasteiger partial charge in [-0.2, -0.15) is 0 Å². The van der Waals surface area contributed by atoms with Crippen LogP contribution in [-0.2, 0) is 11.9 Å². The van der Waals surface area contributed by atoms with Crippen LogP contribution in [0, 0.1) is 5.82 Å². The number of halogens is 2. The third-order valence-electron chi connectivity index (χ3n) is 3.78. The number of hydroxylamine groups is 1. The number of nitrogens with zero attached hydrogens (tertiary/aromatic N) is 2. The lowest BCUT2D eigenvalue weighted by Gasteiger charge is -2.15. The van der Waals surface area contributed by atoms with E-state index in [0.717, 1.165) is 0 Å². The predicted molar refractivity (Wildman–Crippen MR) is 97.6 cm³/mol. The van der Waals surface area contributed by atoms with Gasteiger partial charge in [0.1, 0.15) is 11.3 Å². The first-order chi connectivity index (χ1) is 12.9. The summed E-state index contributed by atoms with van der Waals surface area (Å²) in [5.74, 6) is -1.52. The van der Waals surface area contributed by atoms with Crippen LogP contribution in [0.15, 0.2) is 30.6 Å². The molecule has 0 aliphatic rings. The highest BCUT2D eigenvalue weighted by Crippen LogP contribution is 2.34. The number of hydrogen-bond donors (Lipinski definition) is 4. The van der Waals surface area contributed by atoms with E-state index in [-0.39, 0.29) is 46.4 Å². The lowest BCUT2D eigenvalue weighted by Crippen LogP contribution is -2.26. The molecule has 0 bridgehead atoms. The highest BCUT2D eigenvalue weighted by molar-refractivity contribution is 6.33. The number of phenolic OH excluding ortho intramolecular Hbond substituents is 1. The number of nitrogens with one attached hydrogen (secondary N) is 2. The number of aromatic nitrogens is 2. The number of aliphatic hydroxyl groups is 1. The Bertz CT molecular complexity index is 1010. The van der Waals surface area contributed by atoms with Crippen LogP contribution in [-0.4, -0.2) is 38.9 Å². The Kier molecular flexibility index (Phi) is 5.45. The highest BCUT2D eigenvalue weighted by atomic mass is 35.5. The Morgan fingerprint density at radius 3 is 2.89 bits per heavy atom. The molecular formula is C17H16ClFN4O4. The standard InChI is InChI=1S/C17H16ClFN4O4/c1-23-8-20-16-13(23)7-10(17(26)22-27-5-4-24)15(14(16)19)21-12-3-2-9(25)6-11(12)18/h2-3,6-8,21,24-25H,4-5H2,1H3,(H,22,26). The maximum absolute atomic E-state index is 15.1. The van der Waals surface area contributed by atoms with Crippen LogP contribution in [0.3, 0.4) is 0 Å². The summed E-state index contributed by atoms with van der Waals surface area (Å²) in [5.41, 5.74) is 2.70. The second kappa shape index (κ2) is 7.78. The SMILES string of the molecule is Cn1cnc2c(F)c(Nc3ccc(O)cc3Cl)c(C(=O)NOCCO)cc21. The Balaban J connectivity index is 2.09. The summed E-state index contributed by atoms with van der Waals surface area (Å²) in [5, 5.41) is 21.1. The van der Waals surface area contributed by atoms with Gasteiger partial charge in [0.2, 0.25) is 0 Å². The molecule has 27 heavy (non-hydrogen) atoms. The predicted octanol–water partition coefficient (Wildman–Crippen LogP) is 2.47. The number of benzene rings is 2. The normalized spacial score (nSPS) is 11.0. The molecule has 0 radical (unpaired) electrons. The van der Waals surface area contributed by atoms with E-state index in [1.54, 1.807) is 11.6 Å². The van der Waals surface area contributed by atoms with Gasteiger partial charge in [-0.05, 0) is 18.2 Å². The van der Waals surface area contributed by atoms with Gasteiger partial charge in [-0.1, -0.05) is 11.6 Å². The average Bonchev–Trinajstić information content (AvgIpc) is 3.00. The first-order valence-electron chi connectivity index (χ1n) is 7.84. The fourth-order valence-corrected chi connectivity index (χ4v) is 2.71. The first kappa shape index (κ1) is 18.9. The quantitative estimate of drug-likeness (QED) is 0.290. The summed E-state index contributed by atoms with van der Waals surface area (Å²) in [7, 11) is 1.67. The summed E-state index contributed by atoms with van der Waals surface area (Å²) < 4.78 is 16.7. The number of carbonyl (C=O) groups is 1. The molecule has 2 aromatic carbocycles. The van der Waals surface area contributed by atoms with E-state index in [1.165, 1.54) is 30.6 Å². The molecule has 0 aliphatic heterocycles. The van der Waals surface area contributed by atoms with E-state index in [2.05, 4.69) is 15.8 Å². The smallest absolute Gasteiger partial charge is 0.277 e. The van der Waals surface area contributed by atoms with Crippen LogP contribution >= 0.6 is 11.6 Å². The van der Waals surface area contributed by atoms with Crippen molar-refractivity contribution in [2.45, 2.75) is 0 Å². The van der Waals surface area contributed by atoms with Gasteiger partial charge in [-0.3, -0.25) is 9.63 Å². The molecule has 1 heterocycles. The topological polar surface area (TPSA) is 109 Å². The lowest BCUT2D eigenvalue weighted by atomic mass is 10.1. The fourth-order valence-electron chi connectivity index (χ4n) is 2.48. The van der Waals surface area contributed by atoms with E-state index in [0.29, 0.717) is 5.52 Å². The van der Waals surface area contributed by atoms with E-state index in [4.69, 9.17) is 21.5 Å². The highest BCUT2D eigenvalue weighted by Gasteiger charge is 2.22. The van der Waals surface area contributed by atoms with Crippen molar-refractivity contribution in [1.82, 2.24) is 15.0 Å². The molecule has 8 nitrogen and oxygen atoms in total. The minimum absolute atomic E-state index is 0.0503. The number of aryl methyl sites for hydroxylation is 1. The second-order valence-electron chi connectivity index (χ2n) is 5.63. The number of aliphatic hydroxyl groups excluding tert-OH is 1. The van der Waals surface area contributed by atoms with Gasteiger partial charge in [0.05, 0.1) is 47.0 Å². The lowest BCUT2D eigenvalue weighted by molar-refractivity contribution is 0.0169. The molecule has 4 N–H and O–H groups in total. The molecule has 0 aliphatic carbocycles. The van der Waals surface area contributed by atoms with Gasteiger partial charge in [0, 0.05) is 13.1 Å². The van der Waals surface area contributed by atoms with Gasteiger partial charge in [-0.25, -0.2) is 14.9 Å². The molecule has 1 amide bonds. The summed E-state index contributed by atoms with van der Waals surface area (Å²) in [6.45, 7) is -0.404. The minimum Gasteiger partial charge on any atom is -0.508 e. The van der Waals surface area contributed by atoms with Gasteiger partial charge in [-0.15, -0.1) is 0 Å². The second-order valence-corrected chi connectivity index (χ2v) is 6.04. The molecule has 1 aromatic heterocycles. The first-order valence-corrected chi connectivity index (χ1v) is 8.22. The largest absolute Gasteiger partial charge is 0.508 e. The zero-order chi connectivity index (χ0) is 19.6. The van der Waals surface area contributed by atoms with Crippen LogP contribution in [0.25, 0.3) is 11.0 Å². The van der Waals surface area contributed by atoms with Crippen molar-refractivity contribution in [2.75, 3.05) is 18.5 Å². The fraction of sp³-hybridized carbons (Fsp3) is 0.176. The number of hydrogen-bond acceptors (Lipinski definition) is 6. The van der Waals surface area contributed by atoms with E-state index in [1.807, 2.05) is 0 Å². The molecule has 3 aromatic rings. The van der Waals surface area contributed by atoms with Crippen molar-refractivity contribution in [1.29, 1.82) is 0 Å². The number of phenols is 1. The van der Waals surface area contributed by atoms with E-state index < -0.39 is 11.7 Å². The van der Waals surface area contributed by atoms with Crippen molar-refractivity contribution < 1.29 is 24.2 Å².